The topological polar surface area (TPSA) is 56.5 Å². The molecule has 2 aliphatic rings. The zero-order valence-corrected chi connectivity index (χ0v) is 6.51. The molecule has 0 aromatic carbocycles. The quantitative estimate of drug-likeness (QED) is 0.516. The smallest absolute Gasteiger partial charge is 0.182 e. The highest BCUT2D eigenvalue weighted by Crippen LogP contribution is 2.28. The molecule has 2 rings (SSSR count). The van der Waals surface area contributed by atoms with Crippen LogP contribution in [0.4, 0.5) is 0 Å². The Morgan fingerprint density at radius 3 is 3.09 bits per heavy atom. The molecule has 3 N–H and O–H groups in total. The first-order valence-electron chi connectivity index (χ1n) is 4.07. The predicted octanol–water partition coefficient (Wildman–Crippen LogP) is -0.950. The summed E-state index contributed by atoms with van der Waals surface area (Å²) in [7, 11) is 0. The van der Waals surface area contributed by atoms with Gasteiger partial charge in [0.2, 0.25) is 0 Å². The lowest BCUT2D eigenvalue weighted by atomic mass is 10.2. The van der Waals surface area contributed by atoms with Gasteiger partial charge in [0, 0.05) is 26.1 Å². The fourth-order valence-corrected chi connectivity index (χ4v) is 1.60. The Balaban J connectivity index is 1.96. The second-order valence-corrected chi connectivity index (χ2v) is 3.12. The highest BCUT2D eigenvalue weighted by molar-refractivity contribution is 4.86. The normalized spacial score (nSPS) is 43.9. The number of nitrogens with two attached hydrogens (primary N) is 1. The number of hydrogen-bond donors (Lipinski definition) is 2. The second-order valence-electron chi connectivity index (χ2n) is 3.12. The van der Waals surface area contributed by atoms with E-state index in [2.05, 4.69) is 5.32 Å². The molecular weight excluding hydrogens is 144 g/mol. The van der Waals surface area contributed by atoms with E-state index in [0.29, 0.717) is 13.2 Å². The summed E-state index contributed by atoms with van der Waals surface area (Å²) in [5.41, 5.74) is 5.46. The van der Waals surface area contributed by atoms with Crippen molar-refractivity contribution >= 4 is 0 Å². The van der Waals surface area contributed by atoms with Crippen LogP contribution in [0.1, 0.15) is 6.42 Å². The van der Waals surface area contributed by atoms with E-state index >= 15 is 0 Å². The van der Waals surface area contributed by atoms with Crippen LogP contribution in [0, 0.1) is 0 Å². The fourth-order valence-electron chi connectivity index (χ4n) is 1.60. The second kappa shape index (κ2) is 2.71. The molecule has 2 saturated heterocycles. The summed E-state index contributed by atoms with van der Waals surface area (Å²) in [6.45, 7) is 3.00. The van der Waals surface area contributed by atoms with Crippen molar-refractivity contribution in [3.8, 4) is 0 Å². The van der Waals surface area contributed by atoms with Crippen LogP contribution in [-0.2, 0) is 9.47 Å². The van der Waals surface area contributed by atoms with E-state index in [-0.39, 0.29) is 11.9 Å². The molecule has 4 nitrogen and oxygen atoms in total. The van der Waals surface area contributed by atoms with Crippen LogP contribution >= 0.6 is 0 Å². The van der Waals surface area contributed by atoms with Gasteiger partial charge in [0.15, 0.2) is 5.79 Å². The highest BCUT2D eigenvalue weighted by atomic mass is 16.7. The molecule has 0 radical (unpaired) electrons. The molecular formula is C7H14N2O2. The van der Waals surface area contributed by atoms with Crippen molar-refractivity contribution in [3.05, 3.63) is 0 Å². The van der Waals surface area contributed by atoms with Crippen LogP contribution in [0.5, 0.6) is 0 Å². The minimum Gasteiger partial charge on any atom is -0.346 e. The van der Waals surface area contributed by atoms with Crippen LogP contribution in [-0.4, -0.2) is 38.1 Å². The van der Waals surface area contributed by atoms with Crippen LogP contribution in [0.25, 0.3) is 0 Å². The van der Waals surface area contributed by atoms with Gasteiger partial charge in [-0.25, -0.2) is 0 Å². The van der Waals surface area contributed by atoms with Crippen molar-refractivity contribution < 1.29 is 9.47 Å². The van der Waals surface area contributed by atoms with Gasteiger partial charge in [-0.1, -0.05) is 0 Å². The molecule has 0 amide bonds. The highest BCUT2D eigenvalue weighted by Gasteiger charge is 2.43. The van der Waals surface area contributed by atoms with Crippen molar-refractivity contribution in [2.45, 2.75) is 18.3 Å². The largest absolute Gasteiger partial charge is 0.346 e. The van der Waals surface area contributed by atoms with Crippen molar-refractivity contribution in [2.75, 3.05) is 26.2 Å². The van der Waals surface area contributed by atoms with Gasteiger partial charge < -0.3 is 20.5 Å². The van der Waals surface area contributed by atoms with E-state index in [0.717, 1.165) is 19.5 Å². The van der Waals surface area contributed by atoms with Gasteiger partial charge in [-0.05, 0) is 0 Å². The molecule has 64 valence electrons. The molecule has 0 bridgehead atoms. The maximum absolute atomic E-state index is 5.65. The Labute approximate surface area is 66.0 Å². The van der Waals surface area contributed by atoms with Gasteiger partial charge in [0.05, 0.1) is 12.7 Å². The molecule has 2 aliphatic heterocycles. The van der Waals surface area contributed by atoms with Crippen molar-refractivity contribution in [2.24, 2.45) is 5.73 Å². The summed E-state index contributed by atoms with van der Waals surface area (Å²) in [5.74, 6) is -0.329. The molecule has 4 heteroatoms. The Morgan fingerprint density at radius 2 is 2.55 bits per heavy atom. The SMILES string of the molecule is NCC1COC2(CCNC2)O1. The first-order chi connectivity index (χ1) is 5.35. The molecule has 1 spiro atoms. The lowest BCUT2D eigenvalue weighted by Crippen LogP contribution is -2.34. The summed E-state index contributed by atoms with van der Waals surface area (Å²) >= 11 is 0. The third kappa shape index (κ3) is 1.27. The zero-order chi connectivity index (χ0) is 7.73. The maximum atomic E-state index is 5.65. The summed E-state index contributed by atoms with van der Waals surface area (Å²) < 4.78 is 11.2. The molecule has 2 unspecified atom stereocenters. The number of hydrogen-bond acceptors (Lipinski definition) is 4. The van der Waals surface area contributed by atoms with E-state index in [1.807, 2.05) is 0 Å². The third-order valence-electron chi connectivity index (χ3n) is 2.25. The molecule has 2 heterocycles. The van der Waals surface area contributed by atoms with Gasteiger partial charge in [-0.2, -0.15) is 0 Å². The van der Waals surface area contributed by atoms with Crippen molar-refractivity contribution in [1.29, 1.82) is 0 Å². The molecule has 0 saturated carbocycles. The van der Waals surface area contributed by atoms with E-state index in [1.165, 1.54) is 0 Å². The molecule has 2 fully saturated rings. The van der Waals surface area contributed by atoms with Crippen LogP contribution in [0.2, 0.25) is 0 Å². The minimum absolute atomic E-state index is 0.106. The maximum Gasteiger partial charge on any atom is 0.182 e. The van der Waals surface area contributed by atoms with E-state index < -0.39 is 0 Å². The number of rotatable bonds is 1. The molecule has 2 atom stereocenters. The molecule has 0 aliphatic carbocycles. The average Bonchev–Trinajstić information content (AvgIpc) is 2.62. The van der Waals surface area contributed by atoms with Gasteiger partial charge in [0.25, 0.3) is 0 Å². The summed E-state index contributed by atoms with van der Waals surface area (Å²) in [5, 5.41) is 3.21. The first kappa shape index (κ1) is 7.49. The van der Waals surface area contributed by atoms with E-state index in [4.69, 9.17) is 15.2 Å². The Bertz CT molecular complexity index is 145. The van der Waals surface area contributed by atoms with Crippen molar-refractivity contribution in [1.82, 2.24) is 5.32 Å². The Kier molecular flexibility index (Phi) is 1.85. The molecule has 0 aromatic heterocycles. The lowest BCUT2D eigenvalue weighted by Gasteiger charge is -2.20. The van der Waals surface area contributed by atoms with Crippen LogP contribution in [0.15, 0.2) is 0 Å². The Hall–Kier alpha value is -0.160. The van der Waals surface area contributed by atoms with Gasteiger partial charge >= 0.3 is 0 Å². The first-order valence-corrected chi connectivity index (χ1v) is 4.07. The van der Waals surface area contributed by atoms with Crippen molar-refractivity contribution in [3.63, 3.8) is 0 Å². The van der Waals surface area contributed by atoms with Gasteiger partial charge in [0.1, 0.15) is 0 Å². The van der Waals surface area contributed by atoms with E-state index in [1.54, 1.807) is 0 Å². The third-order valence-corrected chi connectivity index (χ3v) is 2.25. The minimum atomic E-state index is -0.329. The van der Waals surface area contributed by atoms with Crippen LogP contribution in [0.3, 0.4) is 0 Å². The predicted molar refractivity (Wildman–Crippen MR) is 40.1 cm³/mol. The van der Waals surface area contributed by atoms with Gasteiger partial charge in [-0.15, -0.1) is 0 Å². The van der Waals surface area contributed by atoms with E-state index in [9.17, 15) is 0 Å². The molecule has 11 heavy (non-hydrogen) atoms. The lowest BCUT2D eigenvalue weighted by molar-refractivity contribution is -0.150. The monoisotopic (exact) mass is 158 g/mol. The van der Waals surface area contributed by atoms with Gasteiger partial charge in [-0.3, -0.25) is 0 Å². The summed E-state index contributed by atoms with van der Waals surface area (Å²) in [4.78, 5) is 0. The standard InChI is InChI=1S/C7H14N2O2/c8-3-6-4-10-7(11-6)1-2-9-5-7/h6,9H,1-5,8H2. The fraction of sp³-hybridized carbons (Fsp3) is 1.00. The number of ether oxygens (including phenoxy) is 2. The number of nitrogens with one attached hydrogen (secondary N) is 1. The zero-order valence-electron chi connectivity index (χ0n) is 6.51. The van der Waals surface area contributed by atoms with Crippen LogP contribution < -0.4 is 11.1 Å². The Morgan fingerprint density at radius 1 is 1.64 bits per heavy atom. The summed E-state index contributed by atoms with van der Waals surface area (Å²) in [6, 6.07) is 0. The average molecular weight is 158 g/mol. The summed E-state index contributed by atoms with van der Waals surface area (Å²) in [6.07, 6.45) is 1.05. The molecule has 0 aromatic rings.